The van der Waals surface area contributed by atoms with E-state index < -0.39 is 5.60 Å². The summed E-state index contributed by atoms with van der Waals surface area (Å²) in [5.74, 6) is 1.70. The number of β-amino-alcohol motifs (C(OH)–C–C–N with tert-alkyl or cyclic N) is 1. The third kappa shape index (κ3) is 3.89. The Kier molecular flexibility index (Phi) is 4.29. The molecule has 8 nitrogen and oxygen atoms in total. The summed E-state index contributed by atoms with van der Waals surface area (Å²) in [7, 11) is 0. The van der Waals surface area contributed by atoms with Crippen molar-refractivity contribution >= 4 is 5.91 Å². The number of imidazole rings is 1. The molecule has 0 spiro atoms. The second kappa shape index (κ2) is 6.59. The molecule has 2 fully saturated rings. The lowest BCUT2D eigenvalue weighted by molar-refractivity contribution is -0.138. The van der Waals surface area contributed by atoms with Gasteiger partial charge in [-0.05, 0) is 25.7 Å². The van der Waals surface area contributed by atoms with Gasteiger partial charge in [0, 0.05) is 44.4 Å². The van der Waals surface area contributed by atoms with Crippen LogP contribution in [0.4, 0.5) is 0 Å². The molecule has 0 aromatic carbocycles. The number of aliphatic hydroxyl groups is 1. The minimum Gasteiger partial charge on any atom is -0.388 e. The number of hydrogen-bond donors (Lipinski definition) is 1. The monoisotopic (exact) mass is 345 g/mol. The highest BCUT2D eigenvalue weighted by molar-refractivity contribution is 5.76. The van der Waals surface area contributed by atoms with Crippen LogP contribution >= 0.6 is 0 Å². The van der Waals surface area contributed by atoms with E-state index in [1.165, 1.54) is 0 Å². The Bertz CT molecular complexity index is 724. The molecular weight excluding hydrogens is 322 g/mol. The van der Waals surface area contributed by atoms with Crippen LogP contribution in [0.25, 0.3) is 0 Å². The van der Waals surface area contributed by atoms with E-state index in [1.54, 1.807) is 17.4 Å². The van der Waals surface area contributed by atoms with Gasteiger partial charge in [-0.2, -0.15) is 4.98 Å². The van der Waals surface area contributed by atoms with E-state index in [-0.39, 0.29) is 5.91 Å². The van der Waals surface area contributed by atoms with E-state index in [9.17, 15) is 9.90 Å². The van der Waals surface area contributed by atoms with E-state index in [1.807, 2.05) is 10.8 Å². The van der Waals surface area contributed by atoms with Gasteiger partial charge >= 0.3 is 0 Å². The number of carbonyl (C=O) groups is 1. The number of likely N-dealkylation sites (tertiary alicyclic amines) is 1. The number of amides is 1. The first kappa shape index (κ1) is 16.3. The molecule has 1 atom stereocenters. The Balaban J connectivity index is 1.34. The SMILES string of the molecule is O=C(CCn1ccnc1)N1CCCC(O)(Cc2nc(C3CC3)no2)C1. The zero-order chi connectivity index (χ0) is 17.3. The average molecular weight is 345 g/mol. The van der Waals surface area contributed by atoms with E-state index in [2.05, 4.69) is 15.1 Å². The van der Waals surface area contributed by atoms with Gasteiger partial charge in [0.05, 0.1) is 18.3 Å². The fourth-order valence-corrected chi connectivity index (χ4v) is 3.40. The molecule has 0 radical (unpaired) electrons. The molecule has 1 aliphatic heterocycles. The van der Waals surface area contributed by atoms with Gasteiger partial charge in [-0.3, -0.25) is 4.79 Å². The van der Waals surface area contributed by atoms with E-state index in [4.69, 9.17) is 4.52 Å². The van der Waals surface area contributed by atoms with Gasteiger partial charge in [-0.1, -0.05) is 5.16 Å². The second-order valence-electron chi connectivity index (χ2n) is 7.19. The first-order valence-electron chi connectivity index (χ1n) is 8.90. The van der Waals surface area contributed by atoms with Gasteiger partial charge in [0.2, 0.25) is 11.8 Å². The lowest BCUT2D eigenvalue weighted by atomic mass is 9.89. The fourth-order valence-electron chi connectivity index (χ4n) is 3.40. The molecule has 2 aromatic heterocycles. The Morgan fingerprint density at radius 1 is 1.44 bits per heavy atom. The second-order valence-corrected chi connectivity index (χ2v) is 7.19. The van der Waals surface area contributed by atoms with Crippen LogP contribution in [-0.2, 0) is 17.8 Å². The third-order valence-electron chi connectivity index (χ3n) is 4.96. The van der Waals surface area contributed by atoms with Gasteiger partial charge in [-0.15, -0.1) is 0 Å². The lowest BCUT2D eigenvalue weighted by Gasteiger charge is -2.38. The molecule has 1 N–H and O–H groups in total. The van der Waals surface area contributed by atoms with Crippen LogP contribution < -0.4 is 0 Å². The summed E-state index contributed by atoms with van der Waals surface area (Å²) in [5, 5.41) is 14.9. The predicted octanol–water partition coefficient (Wildman–Crippen LogP) is 1.13. The number of nitrogens with zero attached hydrogens (tertiary/aromatic N) is 5. The zero-order valence-corrected chi connectivity index (χ0v) is 14.2. The Morgan fingerprint density at radius 3 is 3.08 bits per heavy atom. The Hall–Kier alpha value is -2.22. The first-order chi connectivity index (χ1) is 12.1. The molecule has 4 rings (SSSR count). The molecule has 1 amide bonds. The van der Waals surface area contributed by atoms with Crippen LogP contribution in [0.2, 0.25) is 0 Å². The molecule has 2 aliphatic rings. The van der Waals surface area contributed by atoms with Crippen LogP contribution in [-0.4, -0.2) is 54.3 Å². The number of aromatic nitrogens is 4. The van der Waals surface area contributed by atoms with Gasteiger partial charge in [0.15, 0.2) is 5.82 Å². The van der Waals surface area contributed by atoms with E-state index >= 15 is 0 Å². The topological polar surface area (TPSA) is 97.3 Å². The number of piperidine rings is 1. The molecule has 3 heterocycles. The van der Waals surface area contributed by atoms with E-state index in [0.717, 1.165) is 25.1 Å². The summed E-state index contributed by atoms with van der Waals surface area (Å²) in [6.45, 7) is 1.60. The van der Waals surface area contributed by atoms with Crippen molar-refractivity contribution in [3.8, 4) is 0 Å². The molecule has 1 aliphatic carbocycles. The smallest absolute Gasteiger partial charge is 0.229 e. The lowest BCUT2D eigenvalue weighted by Crippen LogP contribution is -2.51. The molecule has 1 saturated heterocycles. The Morgan fingerprint density at radius 2 is 2.32 bits per heavy atom. The van der Waals surface area contributed by atoms with Gasteiger partial charge in [0.1, 0.15) is 0 Å². The summed E-state index contributed by atoms with van der Waals surface area (Å²) in [5.41, 5.74) is -0.990. The highest BCUT2D eigenvalue weighted by Gasteiger charge is 2.37. The maximum absolute atomic E-state index is 12.5. The molecule has 0 bridgehead atoms. The normalized spacial score (nSPS) is 23.8. The zero-order valence-electron chi connectivity index (χ0n) is 14.2. The average Bonchev–Trinajstić information content (AvgIpc) is 3.12. The molecule has 1 saturated carbocycles. The Labute approximate surface area is 145 Å². The summed E-state index contributed by atoms with van der Waals surface area (Å²) in [6.07, 6.45) is 9.59. The molecular formula is C17H23N5O3. The predicted molar refractivity (Wildman–Crippen MR) is 87.6 cm³/mol. The van der Waals surface area contributed by atoms with Crippen molar-refractivity contribution in [3.05, 3.63) is 30.4 Å². The van der Waals surface area contributed by atoms with Crippen LogP contribution in [0.3, 0.4) is 0 Å². The van der Waals surface area contributed by atoms with Crippen LogP contribution in [0.15, 0.2) is 23.2 Å². The van der Waals surface area contributed by atoms with Crippen LogP contribution in [0, 0.1) is 0 Å². The van der Waals surface area contributed by atoms with Crippen molar-refractivity contribution < 1.29 is 14.4 Å². The van der Waals surface area contributed by atoms with Crippen molar-refractivity contribution in [3.63, 3.8) is 0 Å². The van der Waals surface area contributed by atoms with Gasteiger partial charge in [-0.25, -0.2) is 4.98 Å². The van der Waals surface area contributed by atoms with Crippen molar-refractivity contribution in [2.45, 2.75) is 56.6 Å². The maximum Gasteiger partial charge on any atom is 0.229 e. The first-order valence-corrected chi connectivity index (χ1v) is 8.90. The largest absolute Gasteiger partial charge is 0.388 e. The molecule has 8 heteroatoms. The van der Waals surface area contributed by atoms with Gasteiger partial charge < -0.3 is 19.1 Å². The molecule has 1 unspecified atom stereocenters. The number of carbonyl (C=O) groups excluding carboxylic acids is 1. The molecule has 2 aromatic rings. The van der Waals surface area contributed by atoms with Crippen LogP contribution in [0.5, 0.6) is 0 Å². The summed E-state index contributed by atoms with van der Waals surface area (Å²) in [4.78, 5) is 22.6. The standard InChI is InChI=1S/C17H23N5O3/c23-15(4-8-21-9-6-18-12-21)22-7-1-5-17(24,11-22)10-14-19-16(20-25-14)13-2-3-13/h6,9,12-13,24H,1-5,7-8,10-11H2. The van der Waals surface area contributed by atoms with Crippen molar-refractivity contribution in [2.75, 3.05) is 13.1 Å². The van der Waals surface area contributed by atoms with E-state index in [0.29, 0.717) is 50.7 Å². The highest BCUT2D eigenvalue weighted by atomic mass is 16.5. The highest BCUT2D eigenvalue weighted by Crippen LogP contribution is 2.38. The quantitative estimate of drug-likeness (QED) is 0.843. The summed E-state index contributed by atoms with van der Waals surface area (Å²) in [6, 6.07) is 0. The van der Waals surface area contributed by atoms with Crippen molar-refractivity contribution in [1.29, 1.82) is 0 Å². The number of rotatable bonds is 6. The minimum atomic E-state index is -0.990. The maximum atomic E-state index is 12.5. The van der Waals surface area contributed by atoms with Crippen molar-refractivity contribution in [2.24, 2.45) is 0 Å². The van der Waals surface area contributed by atoms with Crippen molar-refractivity contribution in [1.82, 2.24) is 24.6 Å². The minimum absolute atomic E-state index is 0.0519. The number of hydrogen-bond acceptors (Lipinski definition) is 6. The van der Waals surface area contributed by atoms with Gasteiger partial charge in [0.25, 0.3) is 0 Å². The van der Waals surface area contributed by atoms with Crippen LogP contribution in [0.1, 0.15) is 49.7 Å². The number of aryl methyl sites for hydroxylation is 1. The fraction of sp³-hybridized carbons (Fsp3) is 0.647. The summed E-state index contributed by atoms with van der Waals surface area (Å²) < 4.78 is 7.17. The third-order valence-corrected chi connectivity index (χ3v) is 4.96. The molecule has 134 valence electrons. The molecule has 25 heavy (non-hydrogen) atoms. The summed E-state index contributed by atoms with van der Waals surface area (Å²) >= 11 is 0.